The van der Waals surface area contributed by atoms with Crippen molar-refractivity contribution in [2.45, 2.75) is 44.1 Å². The van der Waals surface area contributed by atoms with Gasteiger partial charge >= 0.3 is 0 Å². The second-order valence-electron chi connectivity index (χ2n) is 6.65. The molecule has 6 heteroatoms. The third-order valence-corrected chi connectivity index (χ3v) is 5.09. The highest BCUT2D eigenvalue weighted by Crippen LogP contribution is 2.32. The summed E-state index contributed by atoms with van der Waals surface area (Å²) in [5.74, 6) is 1.93. The van der Waals surface area contributed by atoms with Crippen LogP contribution in [0.1, 0.15) is 25.1 Å². The van der Waals surface area contributed by atoms with Crippen molar-refractivity contribution in [3.05, 3.63) is 42.7 Å². The minimum Gasteiger partial charge on any atom is -0.489 e. The number of fused-ring (bicyclic) bond motifs is 1. The van der Waals surface area contributed by atoms with Crippen molar-refractivity contribution < 1.29 is 9.47 Å². The van der Waals surface area contributed by atoms with Crippen molar-refractivity contribution in [3.8, 4) is 5.75 Å². The molecule has 0 unspecified atom stereocenters. The lowest BCUT2D eigenvalue weighted by Crippen LogP contribution is -2.44. The largest absolute Gasteiger partial charge is 0.489 e. The molecule has 0 aromatic carbocycles. The fourth-order valence-corrected chi connectivity index (χ4v) is 3.76. The summed E-state index contributed by atoms with van der Waals surface area (Å²) in [6, 6.07) is 4.33. The van der Waals surface area contributed by atoms with Gasteiger partial charge in [-0.2, -0.15) is 0 Å². The Morgan fingerprint density at radius 1 is 1.29 bits per heavy atom. The molecule has 2 aliphatic rings. The van der Waals surface area contributed by atoms with Gasteiger partial charge in [-0.05, 0) is 31.4 Å². The maximum atomic E-state index is 6.30. The summed E-state index contributed by atoms with van der Waals surface area (Å²) in [6.45, 7) is 2.59. The summed E-state index contributed by atoms with van der Waals surface area (Å²) in [5.41, 5.74) is 0. The fraction of sp³-hybridized carbons (Fsp3) is 0.556. The number of aromatic nitrogens is 3. The van der Waals surface area contributed by atoms with E-state index in [-0.39, 0.29) is 6.10 Å². The molecule has 0 spiro atoms. The summed E-state index contributed by atoms with van der Waals surface area (Å²) < 4.78 is 14.2. The molecule has 4 rings (SSSR count). The first-order chi connectivity index (χ1) is 11.8. The number of pyridine rings is 1. The van der Waals surface area contributed by atoms with Crippen molar-refractivity contribution in [2.75, 3.05) is 13.2 Å². The fourth-order valence-electron chi connectivity index (χ4n) is 3.76. The summed E-state index contributed by atoms with van der Waals surface area (Å²) >= 11 is 0. The Morgan fingerprint density at radius 3 is 3.04 bits per heavy atom. The number of ether oxygens (including phenoxy) is 2. The van der Waals surface area contributed by atoms with E-state index in [0.717, 1.165) is 43.9 Å². The summed E-state index contributed by atoms with van der Waals surface area (Å²) in [7, 11) is 2.05. The normalized spacial score (nSPS) is 27.1. The smallest absolute Gasteiger partial charge is 0.137 e. The van der Waals surface area contributed by atoms with Gasteiger partial charge in [0.2, 0.25) is 0 Å². The van der Waals surface area contributed by atoms with E-state index in [9.17, 15) is 0 Å². The SMILES string of the molecule is Cn1ccnc1CN1CC[C@@H]2O[C@H](COc3cccnc3)CC[C@@H]21. The van der Waals surface area contributed by atoms with Crippen LogP contribution in [-0.2, 0) is 18.3 Å². The molecule has 2 aliphatic heterocycles. The zero-order valence-electron chi connectivity index (χ0n) is 14.0. The van der Waals surface area contributed by atoms with E-state index >= 15 is 0 Å². The highest BCUT2D eigenvalue weighted by atomic mass is 16.5. The zero-order chi connectivity index (χ0) is 16.4. The Bertz CT molecular complexity index is 660. The highest BCUT2D eigenvalue weighted by Gasteiger charge is 2.40. The lowest BCUT2D eigenvalue weighted by atomic mass is 9.99. The maximum absolute atomic E-state index is 6.30. The molecule has 2 saturated heterocycles. The van der Waals surface area contributed by atoms with Gasteiger partial charge in [-0.3, -0.25) is 9.88 Å². The van der Waals surface area contributed by atoms with Crippen LogP contribution in [0.5, 0.6) is 5.75 Å². The molecule has 2 aromatic heterocycles. The highest BCUT2D eigenvalue weighted by molar-refractivity contribution is 5.15. The molecule has 24 heavy (non-hydrogen) atoms. The summed E-state index contributed by atoms with van der Waals surface area (Å²) in [4.78, 5) is 11.0. The average Bonchev–Trinajstić information content (AvgIpc) is 3.21. The quantitative estimate of drug-likeness (QED) is 0.840. The number of hydrogen-bond donors (Lipinski definition) is 0. The average molecular weight is 328 g/mol. The van der Waals surface area contributed by atoms with Crippen LogP contribution in [0, 0.1) is 0 Å². The molecule has 2 aromatic rings. The van der Waals surface area contributed by atoms with E-state index in [1.54, 1.807) is 12.4 Å². The molecule has 4 heterocycles. The molecule has 128 valence electrons. The van der Waals surface area contributed by atoms with Gasteiger partial charge in [0.1, 0.15) is 18.2 Å². The molecular formula is C18H24N4O2. The molecule has 0 aliphatic carbocycles. The molecule has 0 amide bonds. The predicted octanol–water partition coefficient (Wildman–Crippen LogP) is 2.02. The minimum atomic E-state index is 0.180. The summed E-state index contributed by atoms with van der Waals surface area (Å²) in [5, 5.41) is 0. The minimum absolute atomic E-state index is 0.180. The Hall–Kier alpha value is -1.92. The van der Waals surface area contributed by atoms with Crippen LogP contribution in [0.25, 0.3) is 0 Å². The Morgan fingerprint density at radius 2 is 2.25 bits per heavy atom. The van der Waals surface area contributed by atoms with Crippen LogP contribution >= 0.6 is 0 Å². The van der Waals surface area contributed by atoms with Crippen LogP contribution in [0.4, 0.5) is 0 Å². The van der Waals surface area contributed by atoms with Gasteiger partial charge in [0.25, 0.3) is 0 Å². The molecule has 0 N–H and O–H groups in total. The van der Waals surface area contributed by atoms with Crippen LogP contribution < -0.4 is 4.74 Å². The second kappa shape index (κ2) is 6.91. The molecule has 2 fully saturated rings. The van der Waals surface area contributed by atoms with Crippen molar-refractivity contribution in [3.63, 3.8) is 0 Å². The van der Waals surface area contributed by atoms with Crippen molar-refractivity contribution >= 4 is 0 Å². The van der Waals surface area contributed by atoms with Gasteiger partial charge in [-0.15, -0.1) is 0 Å². The third kappa shape index (κ3) is 3.30. The predicted molar refractivity (Wildman–Crippen MR) is 89.7 cm³/mol. The lowest BCUT2D eigenvalue weighted by molar-refractivity contribution is -0.0843. The third-order valence-electron chi connectivity index (χ3n) is 5.09. The van der Waals surface area contributed by atoms with Crippen molar-refractivity contribution in [1.29, 1.82) is 0 Å². The zero-order valence-corrected chi connectivity index (χ0v) is 14.0. The summed E-state index contributed by atoms with van der Waals surface area (Å²) in [6.07, 6.45) is 11.2. The van der Waals surface area contributed by atoms with Crippen LogP contribution in [-0.4, -0.2) is 50.8 Å². The first kappa shape index (κ1) is 15.6. The van der Waals surface area contributed by atoms with Gasteiger partial charge in [-0.25, -0.2) is 4.98 Å². The molecule has 0 bridgehead atoms. The van der Waals surface area contributed by atoms with Gasteiger partial charge in [0.05, 0.1) is 24.9 Å². The van der Waals surface area contributed by atoms with E-state index in [0.29, 0.717) is 18.8 Å². The Balaban J connectivity index is 1.30. The van der Waals surface area contributed by atoms with Crippen molar-refractivity contribution in [2.24, 2.45) is 7.05 Å². The van der Waals surface area contributed by atoms with E-state index in [2.05, 4.69) is 26.5 Å². The lowest BCUT2D eigenvalue weighted by Gasteiger charge is -2.35. The van der Waals surface area contributed by atoms with Crippen LogP contribution in [0.3, 0.4) is 0 Å². The van der Waals surface area contributed by atoms with Gasteiger partial charge in [-0.1, -0.05) is 0 Å². The van der Waals surface area contributed by atoms with E-state index < -0.39 is 0 Å². The number of aryl methyl sites for hydroxylation is 1. The number of nitrogens with zero attached hydrogens (tertiary/aromatic N) is 4. The number of likely N-dealkylation sites (tertiary alicyclic amines) is 1. The van der Waals surface area contributed by atoms with E-state index in [4.69, 9.17) is 9.47 Å². The van der Waals surface area contributed by atoms with Crippen LogP contribution in [0.15, 0.2) is 36.9 Å². The second-order valence-corrected chi connectivity index (χ2v) is 6.65. The molecule has 0 saturated carbocycles. The monoisotopic (exact) mass is 328 g/mol. The topological polar surface area (TPSA) is 52.4 Å². The molecule has 3 atom stereocenters. The standard InChI is InChI=1S/C18H24N4O2/c1-21-10-8-20-18(21)12-22-9-6-17-16(22)5-4-15(24-17)13-23-14-3-2-7-19-11-14/h2-3,7-8,10-11,15-17H,4-6,9,12-13H2,1H3/t15-,16-,17-/m0/s1. The van der Waals surface area contributed by atoms with Gasteiger partial charge in [0, 0.05) is 38.2 Å². The van der Waals surface area contributed by atoms with Crippen molar-refractivity contribution in [1.82, 2.24) is 19.4 Å². The number of rotatable bonds is 5. The molecule has 0 radical (unpaired) electrons. The number of imidazole rings is 1. The Kier molecular flexibility index (Phi) is 4.49. The first-order valence-electron chi connectivity index (χ1n) is 8.68. The molecule has 6 nitrogen and oxygen atoms in total. The number of hydrogen-bond acceptors (Lipinski definition) is 5. The van der Waals surface area contributed by atoms with Crippen LogP contribution in [0.2, 0.25) is 0 Å². The molecular weight excluding hydrogens is 304 g/mol. The van der Waals surface area contributed by atoms with Gasteiger partial charge < -0.3 is 14.0 Å². The Labute approximate surface area is 142 Å². The maximum Gasteiger partial charge on any atom is 0.137 e. The van der Waals surface area contributed by atoms with E-state index in [1.807, 2.05) is 24.5 Å². The first-order valence-corrected chi connectivity index (χ1v) is 8.68. The van der Waals surface area contributed by atoms with Gasteiger partial charge in [0.15, 0.2) is 0 Å². The van der Waals surface area contributed by atoms with E-state index in [1.165, 1.54) is 0 Å².